The second kappa shape index (κ2) is 6.85. The van der Waals surface area contributed by atoms with Crippen LogP contribution in [0.5, 0.6) is 0 Å². The van der Waals surface area contributed by atoms with Crippen LogP contribution in [0.1, 0.15) is 52.4 Å². The van der Waals surface area contributed by atoms with Gasteiger partial charge in [0.15, 0.2) is 5.78 Å². The Kier molecular flexibility index (Phi) is 4.98. The Morgan fingerprint density at radius 1 is 1.00 bits per heavy atom. The molecule has 132 valence electrons. The largest absolute Gasteiger partial charge is 0.352 e. The average Bonchev–Trinajstić information content (AvgIpc) is 3.21. The molecule has 1 N–H and O–H groups in total. The molecular formula is C21H31NO2. The summed E-state index contributed by atoms with van der Waals surface area (Å²) in [5, 5.41) is 3.07. The van der Waals surface area contributed by atoms with Gasteiger partial charge >= 0.3 is 0 Å². The van der Waals surface area contributed by atoms with Crippen molar-refractivity contribution < 1.29 is 9.59 Å². The molecule has 3 rings (SSSR count). The Hall–Kier alpha value is -1.38. The van der Waals surface area contributed by atoms with E-state index in [-0.39, 0.29) is 11.7 Å². The van der Waals surface area contributed by atoms with E-state index in [4.69, 9.17) is 0 Å². The molecule has 0 aromatic rings. The maximum atomic E-state index is 11.8. The summed E-state index contributed by atoms with van der Waals surface area (Å²) in [6.45, 7) is 11.9. The molecule has 3 saturated carbocycles. The fraction of sp³-hybridized carbons (Fsp3) is 0.714. The van der Waals surface area contributed by atoms with Gasteiger partial charge in [0.25, 0.3) is 0 Å². The first-order valence-electron chi connectivity index (χ1n) is 9.51. The molecule has 1 amide bonds. The number of carbonyl (C=O) groups excluding carboxylic acids is 2. The molecule has 6 atom stereocenters. The fourth-order valence-electron chi connectivity index (χ4n) is 5.89. The summed E-state index contributed by atoms with van der Waals surface area (Å²) in [6, 6.07) is 0. The van der Waals surface area contributed by atoms with E-state index in [0.717, 1.165) is 42.6 Å². The molecule has 3 heteroatoms. The van der Waals surface area contributed by atoms with Crippen LogP contribution in [-0.2, 0) is 9.59 Å². The van der Waals surface area contributed by atoms with Gasteiger partial charge in [0, 0.05) is 18.5 Å². The topological polar surface area (TPSA) is 46.2 Å². The van der Waals surface area contributed by atoms with Crippen LogP contribution in [0.3, 0.4) is 0 Å². The second-order valence-corrected chi connectivity index (χ2v) is 8.47. The van der Waals surface area contributed by atoms with Crippen molar-refractivity contribution >= 4 is 11.7 Å². The lowest BCUT2D eigenvalue weighted by atomic mass is 9.72. The number of nitrogens with one attached hydrogen (secondary N) is 1. The minimum Gasteiger partial charge on any atom is -0.352 e. The molecule has 0 aromatic heterocycles. The van der Waals surface area contributed by atoms with E-state index >= 15 is 0 Å². The zero-order valence-electron chi connectivity index (χ0n) is 15.1. The van der Waals surface area contributed by atoms with Gasteiger partial charge in [-0.15, -0.1) is 0 Å². The highest BCUT2D eigenvalue weighted by molar-refractivity contribution is 5.94. The molecule has 0 aliphatic heterocycles. The minimum atomic E-state index is -0.00205. The molecule has 3 nitrogen and oxygen atoms in total. The molecule has 3 fully saturated rings. The van der Waals surface area contributed by atoms with Gasteiger partial charge in [-0.2, -0.15) is 0 Å². The highest BCUT2D eigenvalue weighted by Gasteiger charge is 2.56. The molecule has 3 aliphatic carbocycles. The summed E-state index contributed by atoms with van der Waals surface area (Å²) < 4.78 is 0. The van der Waals surface area contributed by atoms with Crippen molar-refractivity contribution in [3.63, 3.8) is 0 Å². The number of allylic oxidation sites excluding steroid dienone is 1. The van der Waals surface area contributed by atoms with Crippen molar-refractivity contribution in [2.75, 3.05) is 6.54 Å². The van der Waals surface area contributed by atoms with Gasteiger partial charge in [-0.25, -0.2) is 0 Å². The van der Waals surface area contributed by atoms with E-state index in [0.29, 0.717) is 23.5 Å². The van der Waals surface area contributed by atoms with Crippen LogP contribution in [-0.4, -0.2) is 18.2 Å². The first kappa shape index (κ1) is 17.4. The predicted octanol–water partition coefficient (Wildman–Crippen LogP) is 3.90. The van der Waals surface area contributed by atoms with Crippen LogP contribution in [0, 0.1) is 35.5 Å². The van der Waals surface area contributed by atoms with Crippen LogP contribution in [0.25, 0.3) is 0 Å². The van der Waals surface area contributed by atoms with Crippen molar-refractivity contribution in [3.05, 3.63) is 24.3 Å². The molecule has 0 radical (unpaired) electrons. The van der Waals surface area contributed by atoms with E-state index in [9.17, 15) is 9.59 Å². The zero-order valence-corrected chi connectivity index (χ0v) is 15.1. The van der Waals surface area contributed by atoms with Gasteiger partial charge in [0.1, 0.15) is 0 Å². The maximum Gasteiger partial charge on any atom is 0.246 e. The van der Waals surface area contributed by atoms with Gasteiger partial charge in [0.2, 0.25) is 5.91 Å². The summed E-state index contributed by atoms with van der Waals surface area (Å²) in [5.74, 6) is 4.89. The molecule has 3 aliphatic rings. The number of hydrogen-bond acceptors (Lipinski definition) is 2. The van der Waals surface area contributed by atoms with Gasteiger partial charge < -0.3 is 5.32 Å². The van der Waals surface area contributed by atoms with Crippen LogP contribution >= 0.6 is 0 Å². The third-order valence-electron chi connectivity index (χ3n) is 6.92. The maximum absolute atomic E-state index is 11.8. The number of hydrogen-bond donors (Lipinski definition) is 1. The normalized spacial score (nSPS) is 36.4. The monoisotopic (exact) mass is 329 g/mol. The fourth-order valence-corrected chi connectivity index (χ4v) is 5.89. The molecule has 0 aromatic carbocycles. The van der Waals surface area contributed by atoms with Gasteiger partial charge in [0.05, 0.1) is 0 Å². The van der Waals surface area contributed by atoms with Gasteiger partial charge in [-0.3, -0.25) is 9.59 Å². The van der Waals surface area contributed by atoms with E-state index in [1.807, 2.05) is 6.92 Å². The molecule has 2 bridgehead atoms. The number of Topliss-reactive ketones (excluding diaryl/α,β-unsaturated/α-hetero) is 1. The molecule has 0 heterocycles. The van der Waals surface area contributed by atoms with Gasteiger partial charge in [-0.05, 0) is 87.0 Å². The predicted molar refractivity (Wildman–Crippen MR) is 96.3 cm³/mol. The summed E-state index contributed by atoms with van der Waals surface area (Å²) in [6.07, 6.45) is 6.93. The van der Waals surface area contributed by atoms with Crippen LogP contribution in [0.15, 0.2) is 24.3 Å². The summed E-state index contributed by atoms with van der Waals surface area (Å²) in [4.78, 5) is 23.6. The first-order valence-corrected chi connectivity index (χ1v) is 9.51. The Morgan fingerprint density at radius 3 is 2.42 bits per heavy atom. The molecule has 4 unspecified atom stereocenters. The molecule has 24 heavy (non-hydrogen) atoms. The van der Waals surface area contributed by atoms with E-state index in [1.54, 1.807) is 6.92 Å². The second-order valence-electron chi connectivity index (χ2n) is 8.47. The number of ketones is 1. The average molecular weight is 329 g/mol. The van der Waals surface area contributed by atoms with Crippen molar-refractivity contribution in [3.8, 4) is 0 Å². The lowest BCUT2D eigenvalue weighted by Gasteiger charge is -2.34. The van der Waals surface area contributed by atoms with Gasteiger partial charge in [-0.1, -0.05) is 13.2 Å². The van der Waals surface area contributed by atoms with Crippen molar-refractivity contribution in [2.45, 2.75) is 52.4 Å². The van der Waals surface area contributed by atoms with Crippen molar-refractivity contribution in [1.29, 1.82) is 0 Å². The standard InChI is InChI=1S/C21H31NO2/c1-12(2)19(23)8-6-14-9-16-10-18(14)17-7-5-15(20(16)17)11-22-21(24)13(3)4/h14-18,20H,1,3,5-11H2,2,4H3,(H,22,24)/t14?,15?,16?,17-,18?,20+/m0/s1. The Labute approximate surface area is 146 Å². The van der Waals surface area contributed by atoms with E-state index in [1.165, 1.54) is 25.7 Å². The minimum absolute atomic E-state index is 0.00205. The van der Waals surface area contributed by atoms with E-state index in [2.05, 4.69) is 18.5 Å². The summed E-state index contributed by atoms with van der Waals surface area (Å²) in [7, 11) is 0. The quantitative estimate of drug-likeness (QED) is 0.720. The third kappa shape index (κ3) is 3.22. The lowest BCUT2D eigenvalue weighted by Crippen LogP contribution is -2.35. The van der Waals surface area contributed by atoms with Crippen LogP contribution in [0.4, 0.5) is 0 Å². The first-order chi connectivity index (χ1) is 11.4. The highest BCUT2D eigenvalue weighted by atomic mass is 16.1. The van der Waals surface area contributed by atoms with Crippen LogP contribution in [0.2, 0.25) is 0 Å². The number of carbonyl (C=O) groups is 2. The number of rotatable bonds is 7. The molecule has 0 saturated heterocycles. The van der Waals surface area contributed by atoms with Crippen molar-refractivity contribution in [1.82, 2.24) is 5.32 Å². The Morgan fingerprint density at radius 2 is 1.75 bits per heavy atom. The number of amides is 1. The Balaban J connectivity index is 1.53. The van der Waals surface area contributed by atoms with E-state index < -0.39 is 0 Å². The SMILES string of the molecule is C=C(C)C(=O)CCC1CC2CC1[C@@H]1CCC(CNC(=O)C(=C)C)[C@H]21. The van der Waals surface area contributed by atoms with Crippen molar-refractivity contribution in [2.24, 2.45) is 35.5 Å². The Bertz CT molecular complexity index is 564. The number of fused-ring (bicyclic) bond motifs is 5. The molecule has 0 spiro atoms. The van der Waals surface area contributed by atoms with Crippen LogP contribution < -0.4 is 5.32 Å². The zero-order chi connectivity index (χ0) is 17.4. The highest BCUT2D eigenvalue weighted by Crippen LogP contribution is 2.63. The third-order valence-corrected chi connectivity index (χ3v) is 6.92. The lowest BCUT2D eigenvalue weighted by molar-refractivity contribution is -0.117. The smallest absolute Gasteiger partial charge is 0.246 e. The summed E-state index contributed by atoms with van der Waals surface area (Å²) in [5.41, 5.74) is 1.30. The summed E-state index contributed by atoms with van der Waals surface area (Å²) >= 11 is 0. The molecular weight excluding hydrogens is 298 g/mol.